The van der Waals surface area contributed by atoms with Gasteiger partial charge in [-0.15, -0.1) is 45.3 Å². The molecule has 688 valence electrons. The summed E-state index contributed by atoms with van der Waals surface area (Å²) >= 11 is 11.6. The molecule has 1 fully saturated rings. The molecule has 8 aromatic heterocycles. The fourth-order valence-corrected chi connectivity index (χ4v) is 15.5. The maximum absolute atomic E-state index is 13.9. The lowest BCUT2D eigenvalue weighted by Crippen LogP contribution is -2.20. The van der Waals surface area contributed by atoms with E-state index in [0.717, 1.165) is 128 Å². The summed E-state index contributed by atoms with van der Waals surface area (Å²) in [6, 6.07) is 32.1. The molecule has 0 saturated heterocycles. The number of anilines is 11. The Hall–Kier alpha value is -13.2. The Kier molecular flexibility index (Phi) is 35.4. The highest BCUT2D eigenvalue weighted by molar-refractivity contribution is 7.16. The molecule has 12 aromatic rings. The number of halogens is 7. The maximum atomic E-state index is 13.9. The zero-order valence-electron chi connectivity index (χ0n) is 73.3. The summed E-state index contributed by atoms with van der Waals surface area (Å²) in [5.74, 6) is -6.22. The number of benzene rings is 4. The summed E-state index contributed by atoms with van der Waals surface area (Å²) in [6.07, 6.45) is 20.7. The number of alkyl halides is 4. The number of urea groups is 3. The molecule has 0 aliphatic heterocycles. The number of aryl methyl sites for hydroxylation is 8. The van der Waals surface area contributed by atoms with Crippen LogP contribution in [0.15, 0.2) is 177 Å². The molecule has 11 N–H and O–H groups in total. The predicted molar refractivity (Wildman–Crippen MR) is 503 cm³/mol. The molecule has 0 bridgehead atoms. The molecular formula is C92H98ClF6N19O9S4. The van der Waals surface area contributed by atoms with Gasteiger partial charge in [-0.05, 0) is 206 Å². The Morgan fingerprint density at radius 2 is 0.740 bits per heavy atom. The van der Waals surface area contributed by atoms with Gasteiger partial charge in [-0.3, -0.25) is 40.4 Å². The van der Waals surface area contributed by atoms with Gasteiger partial charge >= 0.3 is 24.2 Å². The van der Waals surface area contributed by atoms with Crippen molar-refractivity contribution in [3.05, 3.63) is 263 Å². The van der Waals surface area contributed by atoms with Crippen LogP contribution in [0.2, 0.25) is 5.02 Å². The fraction of sp³-hybridized carbons (Fsp3) is 0.304. The third kappa shape index (κ3) is 33.7. The Morgan fingerprint density at radius 1 is 0.389 bits per heavy atom. The third-order valence-corrected chi connectivity index (χ3v) is 23.3. The number of nitrogens with one attached hydrogen (secondary N) is 11. The average Bonchev–Trinajstić information content (AvgIpc) is 1.84. The summed E-state index contributed by atoms with van der Waals surface area (Å²) in [6.45, 7) is 19.0. The summed E-state index contributed by atoms with van der Waals surface area (Å²) in [5.41, 5.74) is 6.34. The first-order valence-electron chi connectivity index (χ1n) is 41.3. The minimum Gasteiger partial charge on any atom is -0.450 e. The van der Waals surface area contributed by atoms with E-state index >= 15 is 0 Å². The molecule has 13 rings (SSSR count). The number of amides is 11. The van der Waals surface area contributed by atoms with E-state index in [1.807, 2.05) is 66.9 Å². The zero-order valence-corrected chi connectivity index (χ0v) is 77.4. The Balaban J connectivity index is 0.000000181. The van der Waals surface area contributed by atoms with Gasteiger partial charge in [0.2, 0.25) is 23.6 Å². The lowest BCUT2D eigenvalue weighted by molar-refractivity contribution is -0.117. The normalized spacial score (nSPS) is 11.7. The van der Waals surface area contributed by atoms with Gasteiger partial charge in [-0.25, -0.2) is 85.4 Å². The van der Waals surface area contributed by atoms with Crippen molar-refractivity contribution in [2.24, 2.45) is 5.92 Å². The molecular weight excluding hydrogens is 1790 g/mol. The van der Waals surface area contributed by atoms with Gasteiger partial charge in [0.05, 0.1) is 35.1 Å². The highest BCUT2D eigenvalue weighted by Gasteiger charge is 2.31. The van der Waals surface area contributed by atoms with Gasteiger partial charge in [0, 0.05) is 114 Å². The van der Waals surface area contributed by atoms with Crippen LogP contribution in [-0.2, 0) is 104 Å². The molecule has 0 radical (unpaired) electrons. The largest absolute Gasteiger partial charge is 0.450 e. The molecule has 28 nitrogen and oxygen atoms in total. The second-order valence-corrected chi connectivity index (χ2v) is 37.1. The third-order valence-electron chi connectivity index (χ3n) is 19.1. The van der Waals surface area contributed by atoms with Gasteiger partial charge in [-0.2, -0.15) is 0 Å². The quantitative estimate of drug-likeness (QED) is 0.0194. The number of carbonyl (C=O) groups is 8. The topological polar surface area (TPSA) is 381 Å². The van der Waals surface area contributed by atoms with E-state index in [1.54, 1.807) is 68.5 Å². The maximum Gasteiger partial charge on any atom is 0.412 e. The average molecular weight is 1890 g/mol. The van der Waals surface area contributed by atoms with Crippen molar-refractivity contribution in [2.75, 3.05) is 65.1 Å². The highest BCUT2D eigenvalue weighted by atomic mass is 35.5. The number of hydrogen-bond acceptors (Lipinski definition) is 21. The lowest BCUT2D eigenvalue weighted by atomic mass is 9.86. The van der Waals surface area contributed by atoms with Crippen molar-refractivity contribution in [1.82, 2.24) is 39.9 Å². The number of pyridine rings is 4. The molecule has 131 heavy (non-hydrogen) atoms. The van der Waals surface area contributed by atoms with E-state index in [-0.39, 0.29) is 68.6 Å². The van der Waals surface area contributed by atoms with Gasteiger partial charge in [0.15, 0.2) is 20.5 Å². The Bertz CT molecular complexity index is 5830. The molecule has 39 heteroatoms. The summed E-state index contributed by atoms with van der Waals surface area (Å²) in [4.78, 5) is 132. The Labute approximate surface area is 773 Å². The standard InChI is InChI=1S/C26H30N4O2S.C23H26ClN5O2S.C22H22F3N5O3S.C21H20F3N5O2S/c1-26(2,3)20-6-4-5-18(13-20)15-23(31)30-25-28-16-21(33-25)10-7-17-11-12-27-22(14-17)29-24(32)19-8-9-19;1-14(30)27-20-11-15(9-10-25-20)5-7-17-13-26-22(32-17)29-21(31)28-19-12-16(23(2,3)4)6-8-18(19)24;1-3-33-21(32)29-18-10-13(8-9-26-18)4-6-15-12-27-20(34-15)30-19(31)28-17-11-14(22(2,24)25)5-7-16(17)23;1-12(30)27-18-9-13(7-8-25-18)3-5-15-11-26-20(32-15)29-19(31)28-17-10-14(21(2,23)24)4-6-16(17)22/h4-6,11-14,16,19H,7-10,15H2,1-3H3,(H,27,29,32)(H,28,30,31);6,8-13H,5,7H2,1-4H3,(H,25,27,30)(H2,26,28,29,31);5,7-12H,3-4,6H2,1-2H3,(H,26,29,32)(H2,27,28,30,31);4,6-11H,3,5H2,1-2H3,(H,25,27,30)(H2,26,28,29,31). The highest BCUT2D eigenvalue weighted by Crippen LogP contribution is 2.36. The second kappa shape index (κ2) is 46.4. The number of ether oxygens (including phenoxy) is 1. The van der Waals surface area contributed by atoms with Gasteiger partial charge < -0.3 is 42.0 Å². The van der Waals surface area contributed by atoms with Crippen LogP contribution in [0.5, 0.6) is 0 Å². The van der Waals surface area contributed by atoms with Crippen LogP contribution in [0.3, 0.4) is 0 Å². The van der Waals surface area contributed by atoms with Crippen LogP contribution in [-0.4, -0.2) is 94.3 Å². The monoisotopic (exact) mass is 1890 g/mol. The molecule has 11 amide bonds. The number of rotatable bonds is 29. The number of nitrogens with zero attached hydrogens (tertiary/aromatic N) is 8. The van der Waals surface area contributed by atoms with Gasteiger partial charge in [-0.1, -0.05) is 95.6 Å². The number of aromatic nitrogens is 8. The second-order valence-electron chi connectivity index (χ2n) is 32.2. The molecule has 1 aliphatic rings. The van der Waals surface area contributed by atoms with Crippen LogP contribution in [0.1, 0.15) is 159 Å². The fourth-order valence-electron chi connectivity index (χ4n) is 12.1. The summed E-state index contributed by atoms with van der Waals surface area (Å²) < 4.78 is 86.5. The number of thiazole rings is 4. The van der Waals surface area contributed by atoms with Gasteiger partial charge in [0.25, 0.3) is 11.8 Å². The van der Waals surface area contributed by atoms with Crippen LogP contribution < -0.4 is 58.5 Å². The molecule has 4 aromatic carbocycles. The van der Waals surface area contributed by atoms with Crippen molar-refractivity contribution in [3.8, 4) is 0 Å². The van der Waals surface area contributed by atoms with Gasteiger partial charge in [0.1, 0.15) is 34.9 Å². The van der Waals surface area contributed by atoms with Crippen LogP contribution in [0.25, 0.3) is 0 Å². The van der Waals surface area contributed by atoms with Crippen molar-refractivity contribution < 1.29 is 69.4 Å². The molecule has 0 unspecified atom stereocenters. The first-order valence-corrected chi connectivity index (χ1v) is 44.9. The van der Waals surface area contributed by atoms with E-state index in [9.17, 15) is 64.7 Å². The lowest BCUT2D eigenvalue weighted by Gasteiger charge is -2.20. The van der Waals surface area contributed by atoms with E-state index in [4.69, 9.17) is 16.3 Å². The smallest absolute Gasteiger partial charge is 0.412 e. The minimum absolute atomic E-state index is 0.0507. The van der Waals surface area contributed by atoms with Crippen LogP contribution in [0.4, 0.5) is 106 Å². The van der Waals surface area contributed by atoms with E-state index < -0.39 is 58.8 Å². The molecule has 8 heterocycles. The first-order chi connectivity index (χ1) is 62.1. The summed E-state index contributed by atoms with van der Waals surface area (Å²) in [7, 11) is 0. The predicted octanol–water partition coefficient (Wildman–Crippen LogP) is 22.0. The minimum atomic E-state index is -3.17. The number of hydrogen-bond donors (Lipinski definition) is 11. The van der Waals surface area contributed by atoms with Crippen molar-refractivity contribution in [3.63, 3.8) is 0 Å². The molecule has 1 aliphatic carbocycles. The van der Waals surface area contributed by atoms with Crippen molar-refractivity contribution in [1.29, 1.82) is 0 Å². The molecule has 0 atom stereocenters. The molecule has 0 spiro atoms. The SMILES string of the molecule is CC(=O)Nc1cc(CCc2cnc(NC(=O)Nc3cc(C(C)(C)C)ccc3Cl)s2)ccn1.CC(=O)Nc1cc(CCc2cnc(NC(=O)Nc3cc(C(C)(F)F)ccc3F)s2)ccn1.CC(C)(C)c1cccc(CC(=O)Nc2ncc(CCc3ccnc(NC(=O)C4CC4)c3)s2)c1.CCOC(=O)Nc1cc(CCc2cnc(NC(=O)Nc3cc(C(C)(F)F)ccc3F)s2)ccn1. The Morgan fingerprint density at radius 3 is 1.11 bits per heavy atom. The molecule has 1 saturated carbocycles. The number of carbonyl (C=O) groups excluding carboxylic acids is 8. The van der Waals surface area contributed by atoms with E-state index in [0.29, 0.717) is 90.2 Å². The van der Waals surface area contributed by atoms with Crippen molar-refractivity contribution >= 4 is 166 Å². The summed E-state index contributed by atoms with van der Waals surface area (Å²) in [5, 5.41) is 30.8. The van der Waals surface area contributed by atoms with Crippen LogP contribution in [0, 0.1) is 17.6 Å². The van der Waals surface area contributed by atoms with E-state index in [2.05, 4.69) is 152 Å². The van der Waals surface area contributed by atoms with E-state index in [1.165, 1.54) is 64.8 Å². The van der Waals surface area contributed by atoms with Crippen molar-refractivity contribution in [2.45, 2.75) is 169 Å². The first kappa shape index (κ1) is 100.0. The zero-order chi connectivity index (χ0) is 94.7. The van der Waals surface area contributed by atoms with Crippen LogP contribution >= 0.6 is 56.9 Å².